The predicted octanol–water partition coefficient (Wildman–Crippen LogP) is 2.88. The van der Waals surface area contributed by atoms with Crippen LogP contribution in [0.2, 0.25) is 0 Å². The van der Waals surface area contributed by atoms with E-state index in [1.54, 1.807) is 7.11 Å². The highest BCUT2D eigenvalue weighted by molar-refractivity contribution is 5.78. The van der Waals surface area contributed by atoms with E-state index in [1.807, 2.05) is 32.0 Å². The fourth-order valence-electron chi connectivity index (χ4n) is 2.80. The van der Waals surface area contributed by atoms with Crippen molar-refractivity contribution in [3.8, 4) is 5.75 Å². The van der Waals surface area contributed by atoms with Crippen LogP contribution in [-0.2, 0) is 11.2 Å². The molecule has 1 saturated heterocycles. The third kappa shape index (κ3) is 3.09. The Hall–Kier alpha value is -1.51. The smallest absolute Gasteiger partial charge is 0.225 e. The number of methoxy groups -OCH3 is 1. The Balaban J connectivity index is 2.11. The maximum absolute atomic E-state index is 12.2. The van der Waals surface area contributed by atoms with E-state index in [9.17, 15) is 4.79 Å². The van der Waals surface area contributed by atoms with Crippen molar-refractivity contribution in [1.29, 1.82) is 0 Å². The number of likely N-dealkylation sites (tertiary alicyclic amines) is 1. The molecular weight excluding hydrogens is 238 g/mol. The van der Waals surface area contributed by atoms with Gasteiger partial charge in [0.2, 0.25) is 5.91 Å². The zero-order valence-electron chi connectivity index (χ0n) is 12.1. The minimum absolute atomic E-state index is 0.0817. The van der Waals surface area contributed by atoms with Gasteiger partial charge in [-0.3, -0.25) is 4.79 Å². The van der Waals surface area contributed by atoms with Crippen LogP contribution in [0.4, 0.5) is 0 Å². The number of hydrogen-bond acceptors (Lipinski definition) is 2. The molecule has 2 rings (SSSR count). The van der Waals surface area contributed by atoms with Crippen LogP contribution in [0.3, 0.4) is 0 Å². The van der Waals surface area contributed by atoms with Gasteiger partial charge in [-0.2, -0.15) is 0 Å². The van der Waals surface area contributed by atoms with Crippen molar-refractivity contribution in [3.05, 3.63) is 29.8 Å². The Bertz CT molecular complexity index is 442. The lowest BCUT2D eigenvalue weighted by atomic mass is 10.0. The largest absolute Gasteiger partial charge is 0.496 e. The van der Waals surface area contributed by atoms with Crippen LogP contribution in [0, 0.1) is 5.92 Å². The summed E-state index contributed by atoms with van der Waals surface area (Å²) < 4.78 is 5.40. The highest BCUT2D eigenvalue weighted by Gasteiger charge is 2.30. The Morgan fingerprint density at radius 2 is 2.16 bits per heavy atom. The summed E-state index contributed by atoms with van der Waals surface area (Å²) in [6.07, 6.45) is 3.09. The van der Waals surface area contributed by atoms with E-state index < -0.39 is 0 Å². The Morgan fingerprint density at radius 3 is 2.84 bits per heavy atom. The molecule has 3 nitrogen and oxygen atoms in total. The minimum Gasteiger partial charge on any atom is -0.496 e. The minimum atomic E-state index is 0.0817. The lowest BCUT2D eigenvalue weighted by Gasteiger charge is -2.27. The number of hydrogen-bond donors (Lipinski definition) is 0. The van der Waals surface area contributed by atoms with Crippen molar-refractivity contribution in [1.82, 2.24) is 4.90 Å². The fourth-order valence-corrected chi connectivity index (χ4v) is 2.80. The van der Waals surface area contributed by atoms with Crippen molar-refractivity contribution >= 4 is 5.91 Å². The van der Waals surface area contributed by atoms with E-state index >= 15 is 0 Å². The Kier molecular flexibility index (Phi) is 4.46. The van der Waals surface area contributed by atoms with Gasteiger partial charge in [-0.25, -0.2) is 0 Å². The van der Waals surface area contributed by atoms with Crippen LogP contribution in [0.25, 0.3) is 0 Å². The van der Waals surface area contributed by atoms with Gasteiger partial charge in [0, 0.05) is 18.5 Å². The summed E-state index contributed by atoms with van der Waals surface area (Å²) in [5.74, 6) is 1.28. The zero-order chi connectivity index (χ0) is 13.8. The van der Waals surface area contributed by atoms with E-state index in [0.29, 0.717) is 6.04 Å². The summed E-state index contributed by atoms with van der Waals surface area (Å²) in [6, 6.07) is 8.41. The second-order valence-electron chi connectivity index (χ2n) is 5.50. The highest BCUT2D eigenvalue weighted by Crippen LogP contribution is 2.26. The van der Waals surface area contributed by atoms with Crippen molar-refractivity contribution in [3.63, 3.8) is 0 Å². The first-order valence-corrected chi connectivity index (χ1v) is 7.06. The number of benzene rings is 1. The molecule has 0 radical (unpaired) electrons. The van der Waals surface area contributed by atoms with Gasteiger partial charge >= 0.3 is 0 Å². The van der Waals surface area contributed by atoms with Gasteiger partial charge in [-0.15, -0.1) is 0 Å². The van der Waals surface area contributed by atoms with Crippen LogP contribution in [0.1, 0.15) is 32.3 Å². The number of para-hydroxylation sites is 1. The molecule has 0 bridgehead atoms. The first-order chi connectivity index (χ1) is 9.13. The standard InChI is InChI=1S/C16H23NO2/c1-12(2)16(18)17-10-6-8-14(17)11-13-7-4-5-9-15(13)19-3/h4-5,7,9,12,14H,6,8,10-11H2,1-3H3/t14-/m0/s1. The third-order valence-corrected chi connectivity index (χ3v) is 3.80. The van der Waals surface area contributed by atoms with Crippen molar-refractivity contribution in [2.45, 2.75) is 39.2 Å². The molecule has 1 fully saturated rings. The van der Waals surface area contributed by atoms with Gasteiger partial charge in [0.1, 0.15) is 5.75 Å². The summed E-state index contributed by atoms with van der Waals surface area (Å²) in [4.78, 5) is 14.2. The molecule has 0 saturated carbocycles. The molecule has 0 aliphatic carbocycles. The second-order valence-corrected chi connectivity index (χ2v) is 5.50. The molecule has 0 unspecified atom stereocenters. The molecule has 19 heavy (non-hydrogen) atoms. The van der Waals surface area contributed by atoms with E-state index in [0.717, 1.165) is 31.6 Å². The van der Waals surface area contributed by atoms with Crippen LogP contribution < -0.4 is 4.74 Å². The molecule has 104 valence electrons. The molecule has 3 heteroatoms. The van der Waals surface area contributed by atoms with E-state index in [1.165, 1.54) is 5.56 Å². The van der Waals surface area contributed by atoms with Crippen LogP contribution in [-0.4, -0.2) is 30.5 Å². The first kappa shape index (κ1) is 13.9. The molecule has 0 aromatic heterocycles. The first-order valence-electron chi connectivity index (χ1n) is 7.06. The lowest BCUT2D eigenvalue weighted by molar-refractivity contribution is -0.135. The van der Waals surface area contributed by atoms with Gasteiger partial charge in [0.25, 0.3) is 0 Å². The van der Waals surface area contributed by atoms with Crippen molar-refractivity contribution in [2.24, 2.45) is 5.92 Å². The fraction of sp³-hybridized carbons (Fsp3) is 0.562. The normalized spacial score (nSPS) is 18.9. The molecule has 1 amide bonds. The van der Waals surface area contributed by atoms with Crippen LogP contribution in [0.15, 0.2) is 24.3 Å². The predicted molar refractivity (Wildman–Crippen MR) is 76.3 cm³/mol. The third-order valence-electron chi connectivity index (χ3n) is 3.80. The van der Waals surface area contributed by atoms with E-state index in [2.05, 4.69) is 11.0 Å². The van der Waals surface area contributed by atoms with E-state index in [-0.39, 0.29) is 11.8 Å². The molecule has 1 aliphatic heterocycles. The number of amides is 1. The Labute approximate surface area is 115 Å². The zero-order valence-corrected chi connectivity index (χ0v) is 12.1. The second kappa shape index (κ2) is 6.09. The molecule has 0 N–H and O–H groups in total. The SMILES string of the molecule is COc1ccccc1C[C@@H]1CCCN1C(=O)C(C)C. The quantitative estimate of drug-likeness (QED) is 0.834. The van der Waals surface area contributed by atoms with Gasteiger partial charge in [-0.1, -0.05) is 32.0 Å². The summed E-state index contributed by atoms with van der Waals surface area (Å²) >= 11 is 0. The summed E-state index contributed by atoms with van der Waals surface area (Å²) in [5, 5.41) is 0. The van der Waals surface area contributed by atoms with Gasteiger partial charge in [-0.05, 0) is 30.9 Å². The van der Waals surface area contributed by atoms with Gasteiger partial charge in [0.05, 0.1) is 7.11 Å². The summed E-state index contributed by atoms with van der Waals surface area (Å²) in [6.45, 7) is 4.85. The van der Waals surface area contributed by atoms with Crippen molar-refractivity contribution in [2.75, 3.05) is 13.7 Å². The number of ether oxygens (including phenoxy) is 1. The monoisotopic (exact) mass is 261 g/mol. The molecule has 0 spiro atoms. The average molecular weight is 261 g/mol. The van der Waals surface area contributed by atoms with E-state index in [4.69, 9.17) is 4.74 Å². The van der Waals surface area contributed by atoms with Crippen LogP contribution in [0.5, 0.6) is 5.75 Å². The molecule has 1 aromatic carbocycles. The number of carbonyl (C=O) groups is 1. The molecule has 1 aliphatic rings. The van der Waals surface area contributed by atoms with Crippen LogP contribution >= 0.6 is 0 Å². The molecule has 1 atom stereocenters. The van der Waals surface area contributed by atoms with Gasteiger partial charge < -0.3 is 9.64 Å². The number of nitrogens with zero attached hydrogens (tertiary/aromatic N) is 1. The summed E-state index contributed by atoms with van der Waals surface area (Å²) in [5.41, 5.74) is 1.19. The Morgan fingerprint density at radius 1 is 1.42 bits per heavy atom. The average Bonchev–Trinajstić information content (AvgIpc) is 2.86. The van der Waals surface area contributed by atoms with Crippen molar-refractivity contribution < 1.29 is 9.53 Å². The maximum atomic E-state index is 12.2. The topological polar surface area (TPSA) is 29.5 Å². The molecular formula is C16H23NO2. The molecule has 1 heterocycles. The highest BCUT2D eigenvalue weighted by atomic mass is 16.5. The van der Waals surface area contributed by atoms with Gasteiger partial charge in [0.15, 0.2) is 0 Å². The maximum Gasteiger partial charge on any atom is 0.225 e. The number of rotatable bonds is 4. The summed E-state index contributed by atoms with van der Waals surface area (Å²) in [7, 11) is 1.70. The number of carbonyl (C=O) groups excluding carboxylic acids is 1. The molecule has 1 aromatic rings. The lowest BCUT2D eigenvalue weighted by Crippen LogP contribution is -2.39.